The molecule has 0 aliphatic carbocycles. The van der Waals surface area contributed by atoms with Crippen LogP contribution in [0.15, 0.2) is 18.2 Å². The zero-order chi connectivity index (χ0) is 15.4. The van der Waals surface area contributed by atoms with Crippen molar-refractivity contribution in [2.45, 2.75) is 46.0 Å². The molecule has 118 valence electrons. The fourth-order valence-electron chi connectivity index (χ4n) is 2.99. The van der Waals surface area contributed by atoms with E-state index in [2.05, 4.69) is 18.7 Å². The van der Waals surface area contributed by atoms with Crippen molar-refractivity contribution in [1.82, 2.24) is 4.90 Å². The van der Waals surface area contributed by atoms with Crippen LogP contribution in [0.25, 0.3) is 0 Å². The van der Waals surface area contributed by atoms with Gasteiger partial charge in [-0.25, -0.2) is 0 Å². The number of para-hydroxylation sites is 1. The Bertz CT molecular complexity index is 433. The number of benzene rings is 1. The summed E-state index contributed by atoms with van der Waals surface area (Å²) in [7, 11) is 0. The normalized spacial score (nSPS) is 24.8. The second-order valence-electron chi connectivity index (χ2n) is 6.16. The van der Waals surface area contributed by atoms with E-state index in [1.54, 1.807) is 0 Å². The van der Waals surface area contributed by atoms with Gasteiger partial charge in [0, 0.05) is 19.6 Å². The summed E-state index contributed by atoms with van der Waals surface area (Å²) in [5.41, 5.74) is 2.21. The van der Waals surface area contributed by atoms with Crippen LogP contribution in [0, 0.1) is 13.8 Å². The van der Waals surface area contributed by atoms with Gasteiger partial charge in [-0.15, -0.1) is 0 Å². The molecule has 0 amide bonds. The van der Waals surface area contributed by atoms with E-state index in [4.69, 9.17) is 9.47 Å². The highest BCUT2D eigenvalue weighted by molar-refractivity contribution is 5.39. The molecule has 2 rings (SSSR count). The lowest BCUT2D eigenvalue weighted by Crippen LogP contribution is -2.48. The highest BCUT2D eigenvalue weighted by atomic mass is 16.5. The first-order chi connectivity index (χ1) is 9.95. The molecule has 1 aliphatic heterocycles. The molecule has 0 aromatic heterocycles. The van der Waals surface area contributed by atoms with Crippen LogP contribution in [0.2, 0.25) is 0 Å². The third-order valence-electron chi connectivity index (χ3n) is 3.79. The molecular formula is C17H27NO3. The van der Waals surface area contributed by atoms with E-state index >= 15 is 0 Å². The molecule has 4 heteroatoms. The van der Waals surface area contributed by atoms with E-state index in [1.807, 2.05) is 32.0 Å². The molecule has 0 bridgehead atoms. The van der Waals surface area contributed by atoms with Crippen molar-refractivity contribution in [3.8, 4) is 5.75 Å². The van der Waals surface area contributed by atoms with Gasteiger partial charge in [0.1, 0.15) is 18.5 Å². The Morgan fingerprint density at radius 1 is 1.24 bits per heavy atom. The van der Waals surface area contributed by atoms with Gasteiger partial charge in [-0.3, -0.25) is 4.90 Å². The SMILES string of the molecule is Cc1cccc(C)c1OC[C@@H](O)CN1C[C@@H](C)O[C@@H](C)C1. The van der Waals surface area contributed by atoms with Gasteiger partial charge in [0.2, 0.25) is 0 Å². The summed E-state index contributed by atoms with van der Waals surface area (Å²) in [5.74, 6) is 0.889. The highest BCUT2D eigenvalue weighted by Gasteiger charge is 2.24. The largest absolute Gasteiger partial charge is 0.490 e. The first-order valence-corrected chi connectivity index (χ1v) is 7.70. The van der Waals surface area contributed by atoms with Crippen molar-refractivity contribution in [3.05, 3.63) is 29.3 Å². The van der Waals surface area contributed by atoms with E-state index in [0.29, 0.717) is 13.2 Å². The molecule has 1 heterocycles. The molecule has 0 spiro atoms. The first-order valence-electron chi connectivity index (χ1n) is 7.70. The molecule has 1 fully saturated rings. The second kappa shape index (κ2) is 7.25. The Kier molecular flexibility index (Phi) is 5.62. The average Bonchev–Trinajstić information content (AvgIpc) is 2.36. The first kappa shape index (κ1) is 16.3. The van der Waals surface area contributed by atoms with E-state index in [0.717, 1.165) is 30.0 Å². The molecule has 1 aromatic carbocycles. The molecule has 3 atom stereocenters. The summed E-state index contributed by atoms with van der Waals surface area (Å²) in [5, 5.41) is 10.2. The molecule has 21 heavy (non-hydrogen) atoms. The number of aryl methyl sites for hydroxylation is 2. The maximum absolute atomic E-state index is 10.2. The van der Waals surface area contributed by atoms with Gasteiger partial charge < -0.3 is 14.6 Å². The fraction of sp³-hybridized carbons (Fsp3) is 0.647. The quantitative estimate of drug-likeness (QED) is 0.903. The van der Waals surface area contributed by atoms with Crippen LogP contribution in [-0.4, -0.2) is 54.6 Å². The molecule has 0 unspecified atom stereocenters. The summed E-state index contributed by atoms with van der Waals surface area (Å²) >= 11 is 0. The van der Waals surface area contributed by atoms with Gasteiger partial charge in [-0.2, -0.15) is 0 Å². The molecule has 1 N–H and O–H groups in total. The smallest absolute Gasteiger partial charge is 0.125 e. The molecule has 0 radical (unpaired) electrons. The maximum atomic E-state index is 10.2. The molecule has 4 nitrogen and oxygen atoms in total. The number of aliphatic hydroxyl groups is 1. The fourth-order valence-corrected chi connectivity index (χ4v) is 2.99. The zero-order valence-corrected chi connectivity index (χ0v) is 13.5. The third kappa shape index (κ3) is 4.70. The number of morpholine rings is 1. The minimum absolute atomic E-state index is 0.223. The van der Waals surface area contributed by atoms with Crippen molar-refractivity contribution >= 4 is 0 Å². The highest BCUT2D eigenvalue weighted by Crippen LogP contribution is 2.22. The molecular weight excluding hydrogens is 266 g/mol. The number of ether oxygens (including phenoxy) is 2. The minimum Gasteiger partial charge on any atom is -0.490 e. The third-order valence-corrected chi connectivity index (χ3v) is 3.79. The number of β-amino-alcohol motifs (C(OH)–C–C–N with tert-alkyl or cyclic N) is 1. The van der Waals surface area contributed by atoms with Crippen LogP contribution in [-0.2, 0) is 4.74 Å². The predicted molar refractivity (Wildman–Crippen MR) is 83.9 cm³/mol. The van der Waals surface area contributed by atoms with Crippen LogP contribution < -0.4 is 4.74 Å². The topological polar surface area (TPSA) is 41.9 Å². The number of hydrogen-bond acceptors (Lipinski definition) is 4. The second-order valence-corrected chi connectivity index (χ2v) is 6.16. The van der Waals surface area contributed by atoms with Crippen molar-refractivity contribution in [1.29, 1.82) is 0 Å². The summed E-state index contributed by atoms with van der Waals surface area (Å²) < 4.78 is 11.5. The van der Waals surface area contributed by atoms with Crippen LogP contribution in [0.1, 0.15) is 25.0 Å². The molecule has 1 saturated heterocycles. The summed E-state index contributed by atoms with van der Waals surface area (Å²) in [6.07, 6.45) is -0.0394. The van der Waals surface area contributed by atoms with Crippen LogP contribution in [0.4, 0.5) is 0 Å². The number of nitrogens with zero attached hydrogens (tertiary/aromatic N) is 1. The van der Waals surface area contributed by atoms with Crippen LogP contribution >= 0.6 is 0 Å². The van der Waals surface area contributed by atoms with Gasteiger partial charge in [-0.05, 0) is 38.8 Å². The van der Waals surface area contributed by atoms with E-state index in [1.165, 1.54) is 0 Å². The van der Waals surface area contributed by atoms with Crippen molar-refractivity contribution in [2.24, 2.45) is 0 Å². The van der Waals surface area contributed by atoms with Gasteiger partial charge >= 0.3 is 0 Å². The lowest BCUT2D eigenvalue weighted by atomic mass is 10.1. The lowest BCUT2D eigenvalue weighted by molar-refractivity contribution is -0.0787. The van der Waals surface area contributed by atoms with Crippen LogP contribution in [0.3, 0.4) is 0 Å². The maximum Gasteiger partial charge on any atom is 0.125 e. The lowest BCUT2D eigenvalue weighted by Gasteiger charge is -2.36. The standard InChI is InChI=1S/C17H27NO3/c1-12-6-5-7-13(2)17(12)20-11-16(19)10-18-8-14(3)21-15(4)9-18/h5-7,14-16,19H,8-11H2,1-4H3/t14-,15+,16-/m0/s1. The van der Waals surface area contributed by atoms with E-state index < -0.39 is 6.10 Å². The van der Waals surface area contributed by atoms with Gasteiger partial charge in [0.15, 0.2) is 0 Å². The predicted octanol–water partition coefficient (Wildman–Crippen LogP) is 2.15. The zero-order valence-electron chi connectivity index (χ0n) is 13.5. The van der Waals surface area contributed by atoms with Crippen molar-refractivity contribution in [3.63, 3.8) is 0 Å². The number of hydrogen-bond donors (Lipinski definition) is 1. The van der Waals surface area contributed by atoms with Crippen molar-refractivity contribution < 1.29 is 14.6 Å². The monoisotopic (exact) mass is 293 g/mol. The Balaban J connectivity index is 1.83. The molecule has 1 aliphatic rings. The van der Waals surface area contributed by atoms with Crippen LogP contribution in [0.5, 0.6) is 5.75 Å². The minimum atomic E-state index is -0.485. The van der Waals surface area contributed by atoms with Gasteiger partial charge in [0.25, 0.3) is 0 Å². The van der Waals surface area contributed by atoms with Gasteiger partial charge in [-0.1, -0.05) is 18.2 Å². The Labute approximate surface area is 127 Å². The number of aliphatic hydroxyl groups excluding tert-OH is 1. The molecule has 1 aromatic rings. The average molecular weight is 293 g/mol. The van der Waals surface area contributed by atoms with Crippen molar-refractivity contribution in [2.75, 3.05) is 26.2 Å². The van der Waals surface area contributed by atoms with E-state index in [9.17, 15) is 5.11 Å². The Morgan fingerprint density at radius 3 is 2.38 bits per heavy atom. The number of rotatable bonds is 5. The Hall–Kier alpha value is -1.10. The summed E-state index contributed by atoms with van der Waals surface area (Å²) in [6, 6.07) is 6.07. The van der Waals surface area contributed by atoms with Gasteiger partial charge in [0.05, 0.1) is 12.2 Å². The summed E-state index contributed by atoms with van der Waals surface area (Å²) in [4.78, 5) is 2.25. The molecule has 0 saturated carbocycles. The van der Waals surface area contributed by atoms with E-state index in [-0.39, 0.29) is 12.2 Å². The summed E-state index contributed by atoms with van der Waals surface area (Å²) in [6.45, 7) is 10.9. The Morgan fingerprint density at radius 2 is 1.81 bits per heavy atom.